The van der Waals surface area contributed by atoms with Gasteiger partial charge in [-0.25, -0.2) is 28.1 Å². The van der Waals surface area contributed by atoms with Crippen molar-refractivity contribution in [3.05, 3.63) is 36.3 Å². The van der Waals surface area contributed by atoms with Gasteiger partial charge in [-0.1, -0.05) is 0 Å². The molecule has 10 nitrogen and oxygen atoms in total. The fraction of sp³-hybridized carbons (Fsp3) is 0.550. The molecule has 1 saturated heterocycles. The number of aromatic nitrogens is 3. The normalized spacial score (nSPS) is 16.9. The van der Waals surface area contributed by atoms with E-state index in [1.54, 1.807) is 0 Å². The van der Waals surface area contributed by atoms with Gasteiger partial charge < -0.3 is 20.9 Å². The highest BCUT2D eigenvalue weighted by Crippen LogP contribution is 2.49. The van der Waals surface area contributed by atoms with Crippen LogP contribution < -0.4 is 15.8 Å². The van der Waals surface area contributed by atoms with Gasteiger partial charge in [0.2, 0.25) is 16.0 Å². The van der Waals surface area contributed by atoms with Gasteiger partial charge in [-0.3, -0.25) is 0 Å². The van der Waals surface area contributed by atoms with Crippen molar-refractivity contribution < 1.29 is 44.6 Å². The van der Waals surface area contributed by atoms with Crippen LogP contribution in [0.3, 0.4) is 0 Å². The minimum Gasteiger partial charge on any atom is -0.384 e. The van der Waals surface area contributed by atoms with Crippen molar-refractivity contribution in [1.29, 1.82) is 0 Å². The maximum atomic E-state index is 13.1. The van der Waals surface area contributed by atoms with Crippen molar-refractivity contribution in [2.45, 2.75) is 48.2 Å². The van der Waals surface area contributed by atoms with Gasteiger partial charge in [0.15, 0.2) is 0 Å². The van der Waals surface area contributed by atoms with E-state index in [1.807, 2.05) is 0 Å². The quantitative estimate of drug-likeness (QED) is 0.340. The molecule has 1 aliphatic heterocycles. The molecule has 0 spiro atoms. The number of nitrogens with two attached hydrogens (primary N) is 1. The Morgan fingerprint density at radius 1 is 1.03 bits per heavy atom. The average Bonchev–Trinajstić information content (AvgIpc) is 2.82. The fourth-order valence-electron chi connectivity index (χ4n) is 3.68. The second-order valence-corrected chi connectivity index (χ2v) is 10.2. The number of sulfonamides is 1. The van der Waals surface area contributed by atoms with Crippen LogP contribution in [0.15, 0.2) is 35.6 Å². The smallest absolute Gasteiger partial charge is 0.384 e. The summed E-state index contributed by atoms with van der Waals surface area (Å²) in [5.74, 6) is -0.156. The highest BCUT2D eigenvalue weighted by molar-refractivity contribution is 7.89. The number of alkyl halides is 6. The molecule has 0 aromatic carbocycles. The van der Waals surface area contributed by atoms with Crippen LogP contribution in [0, 0.1) is 5.92 Å². The highest BCUT2D eigenvalue weighted by atomic mass is 32.2. The van der Waals surface area contributed by atoms with E-state index in [9.17, 15) is 39.9 Å². The average molecular weight is 559 g/mol. The Labute approximate surface area is 207 Å². The molecule has 1 aliphatic rings. The summed E-state index contributed by atoms with van der Waals surface area (Å²) in [5, 5.41) is 12.2. The highest BCUT2D eigenvalue weighted by Gasteiger charge is 2.71. The van der Waals surface area contributed by atoms with Crippen molar-refractivity contribution in [2.75, 3.05) is 30.8 Å². The number of hydrogen-bond donors (Lipinski definition) is 4. The van der Waals surface area contributed by atoms with E-state index >= 15 is 0 Å². The Balaban J connectivity index is 1.79. The summed E-state index contributed by atoms with van der Waals surface area (Å²) < 4.78 is 112. The standard InChI is InChI=1S/C20H24F6N6O4S/c21-19(22,23)18(33,20(24,25)26)13-8-29-17(30-9-13)32-14(7-12-3-5-36-6-4-12)10-31-37(34,35)15-1-2-16(27)28-11-15/h1-2,8-9,11-12,14,31,33H,3-7,10H2,(H2,27,28)(H,29,30,32). The lowest BCUT2D eigenvalue weighted by Crippen LogP contribution is -2.54. The number of halogens is 6. The second-order valence-electron chi connectivity index (χ2n) is 8.40. The first kappa shape index (κ1) is 28.8. The third kappa shape index (κ3) is 6.77. The van der Waals surface area contributed by atoms with E-state index in [4.69, 9.17) is 10.5 Å². The van der Waals surface area contributed by atoms with Crippen LogP contribution in [0.1, 0.15) is 24.8 Å². The van der Waals surface area contributed by atoms with Gasteiger partial charge >= 0.3 is 12.4 Å². The molecule has 0 bridgehead atoms. The minimum atomic E-state index is -6.08. The molecular weight excluding hydrogens is 534 g/mol. The molecule has 1 unspecified atom stereocenters. The molecule has 206 valence electrons. The third-order valence-corrected chi connectivity index (χ3v) is 7.18. The summed E-state index contributed by atoms with van der Waals surface area (Å²) in [6.45, 7) is 0.752. The molecule has 17 heteroatoms. The zero-order valence-corrected chi connectivity index (χ0v) is 19.9. The van der Waals surface area contributed by atoms with Crippen LogP contribution >= 0.6 is 0 Å². The number of hydrogen-bond acceptors (Lipinski definition) is 9. The van der Waals surface area contributed by atoms with Crippen molar-refractivity contribution in [2.24, 2.45) is 5.92 Å². The van der Waals surface area contributed by atoms with E-state index in [2.05, 4.69) is 25.0 Å². The van der Waals surface area contributed by atoms with E-state index in [1.165, 1.54) is 12.1 Å². The number of ether oxygens (including phenoxy) is 1. The predicted molar refractivity (Wildman–Crippen MR) is 117 cm³/mol. The van der Waals surface area contributed by atoms with Gasteiger partial charge in [0, 0.05) is 50.0 Å². The topological polar surface area (TPSA) is 152 Å². The molecule has 1 atom stereocenters. The lowest BCUT2D eigenvalue weighted by atomic mass is 9.92. The Kier molecular flexibility index (Phi) is 8.50. The summed E-state index contributed by atoms with van der Waals surface area (Å²) >= 11 is 0. The van der Waals surface area contributed by atoms with Crippen LogP contribution in [-0.4, -0.2) is 66.6 Å². The number of anilines is 2. The van der Waals surface area contributed by atoms with Crippen molar-refractivity contribution >= 4 is 21.8 Å². The molecule has 0 saturated carbocycles. The first-order valence-corrected chi connectivity index (χ1v) is 12.4. The number of nitrogens with one attached hydrogen (secondary N) is 2. The molecule has 5 N–H and O–H groups in total. The van der Waals surface area contributed by atoms with Gasteiger partial charge in [0.1, 0.15) is 10.7 Å². The molecule has 3 rings (SSSR count). The van der Waals surface area contributed by atoms with Crippen LogP contribution in [0.2, 0.25) is 0 Å². The van der Waals surface area contributed by atoms with E-state index < -0.39 is 39.6 Å². The second kappa shape index (κ2) is 10.9. The number of nitrogen functional groups attached to an aromatic ring is 1. The number of pyridine rings is 1. The fourth-order valence-corrected chi connectivity index (χ4v) is 4.71. The van der Waals surface area contributed by atoms with Gasteiger partial charge in [-0.05, 0) is 37.3 Å². The maximum absolute atomic E-state index is 13.1. The zero-order chi connectivity index (χ0) is 27.5. The van der Waals surface area contributed by atoms with Crippen LogP contribution in [0.5, 0.6) is 0 Å². The largest absolute Gasteiger partial charge is 0.430 e. The van der Waals surface area contributed by atoms with Crippen molar-refractivity contribution in [3.63, 3.8) is 0 Å². The van der Waals surface area contributed by atoms with Gasteiger partial charge in [0.05, 0.1) is 0 Å². The Bertz CT molecular complexity index is 1130. The van der Waals surface area contributed by atoms with E-state index in [-0.39, 0.29) is 41.5 Å². The Hall–Kier alpha value is -2.76. The lowest BCUT2D eigenvalue weighted by Gasteiger charge is -2.32. The first-order valence-electron chi connectivity index (χ1n) is 10.9. The van der Waals surface area contributed by atoms with Crippen LogP contribution in [0.25, 0.3) is 0 Å². The third-order valence-electron chi connectivity index (χ3n) is 5.77. The number of rotatable bonds is 9. The molecule has 0 aliphatic carbocycles. The molecule has 3 heterocycles. The van der Waals surface area contributed by atoms with E-state index in [0.29, 0.717) is 32.5 Å². The van der Waals surface area contributed by atoms with Crippen molar-refractivity contribution in [3.8, 4) is 0 Å². The maximum Gasteiger partial charge on any atom is 0.430 e. The number of aliphatic hydroxyl groups is 1. The summed E-state index contributed by atoms with van der Waals surface area (Å²) in [6, 6.07) is 1.84. The summed E-state index contributed by atoms with van der Waals surface area (Å²) in [7, 11) is -4.02. The molecular formula is C20H24F6N6O4S. The van der Waals surface area contributed by atoms with Crippen LogP contribution in [0.4, 0.5) is 38.1 Å². The predicted octanol–water partition coefficient (Wildman–Crippen LogP) is 2.34. The molecule has 0 radical (unpaired) electrons. The van der Waals surface area contributed by atoms with Gasteiger partial charge in [0.25, 0.3) is 5.60 Å². The first-order chi connectivity index (χ1) is 17.1. The molecule has 37 heavy (non-hydrogen) atoms. The Morgan fingerprint density at radius 3 is 2.14 bits per heavy atom. The summed E-state index contributed by atoms with van der Waals surface area (Å²) in [5.41, 5.74) is -1.31. The van der Waals surface area contributed by atoms with Gasteiger partial charge in [-0.2, -0.15) is 26.3 Å². The van der Waals surface area contributed by atoms with E-state index in [0.717, 1.165) is 6.20 Å². The van der Waals surface area contributed by atoms with Gasteiger partial charge in [-0.15, -0.1) is 0 Å². The number of nitrogens with zero attached hydrogens (tertiary/aromatic N) is 3. The molecule has 0 amide bonds. The SMILES string of the molecule is Nc1ccc(S(=O)(=O)NCC(CC2CCOCC2)Nc2ncc(C(O)(C(F)(F)F)C(F)(F)F)cn2)cn1. The Morgan fingerprint density at radius 2 is 1.62 bits per heavy atom. The van der Waals surface area contributed by atoms with Crippen LogP contribution in [-0.2, 0) is 20.4 Å². The molecule has 2 aromatic rings. The summed E-state index contributed by atoms with van der Waals surface area (Å²) in [4.78, 5) is 10.6. The van der Waals surface area contributed by atoms with Crippen molar-refractivity contribution in [1.82, 2.24) is 19.7 Å². The molecule has 1 fully saturated rings. The molecule has 2 aromatic heterocycles. The lowest BCUT2D eigenvalue weighted by molar-refractivity contribution is -0.376. The zero-order valence-electron chi connectivity index (χ0n) is 19.1. The monoisotopic (exact) mass is 558 g/mol. The summed E-state index contributed by atoms with van der Waals surface area (Å²) in [6.07, 6.45) is -8.98. The minimum absolute atomic E-state index is 0.0915.